The third-order valence-electron chi connectivity index (χ3n) is 4.67. The first-order valence-corrected chi connectivity index (χ1v) is 11.4. The molecule has 0 unspecified atom stereocenters. The predicted molar refractivity (Wildman–Crippen MR) is 134 cm³/mol. The molecule has 0 bridgehead atoms. The van der Waals surface area contributed by atoms with E-state index in [0.717, 1.165) is 44.1 Å². The first-order chi connectivity index (χ1) is 15.9. The molecule has 1 amide bonds. The van der Waals surface area contributed by atoms with Gasteiger partial charge in [0.1, 0.15) is 5.03 Å². The number of carbonyl (C=O) groups excluding carboxylic acids is 1. The number of H-pyrrole nitrogens is 1. The quantitative estimate of drug-likeness (QED) is 0.338. The van der Waals surface area contributed by atoms with Crippen LogP contribution in [0.3, 0.4) is 0 Å². The zero-order valence-corrected chi connectivity index (χ0v) is 19.6. The van der Waals surface area contributed by atoms with Gasteiger partial charge in [-0.15, -0.1) is 0 Å². The van der Waals surface area contributed by atoms with Gasteiger partial charge in [-0.2, -0.15) is 5.10 Å². The Morgan fingerprint density at radius 3 is 2.42 bits per heavy atom. The van der Waals surface area contributed by atoms with Crippen molar-refractivity contribution < 1.29 is 4.79 Å². The van der Waals surface area contributed by atoms with Crippen molar-refractivity contribution in [3.05, 3.63) is 78.5 Å². The highest BCUT2D eigenvalue weighted by atomic mass is 32.2. The van der Waals surface area contributed by atoms with E-state index in [2.05, 4.69) is 20.8 Å². The van der Waals surface area contributed by atoms with Crippen molar-refractivity contribution in [2.24, 2.45) is 0 Å². The second kappa shape index (κ2) is 10.3. The fraction of sp³-hybridized carbons (Fsp3) is 0.160. The van der Waals surface area contributed by atoms with Gasteiger partial charge in [-0.05, 0) is 57.4 Å². The van der Waals surface area contributed by atoms with Crippen LogP contribution in [0.1, 0.15) is 5.69 Å². The molecule has 4 rings (SSSR count). The van der Waals surface area contributed by atoms with E-state index in [9.17, 15) is 4.79 Å². The highest BCUT2D eigenvalue weighted by molar-refractivity contribution is 7.99. The van der Waals surface area contributed by atoms with Crippen molar-refractivity contribution >= 4 is 34.9 Å². The summed E-state index contributed by atoms with van der Waals surface area (Å²) in [4.78, 5) is 19.7. The number of amides is 1. The number of benzene rings is 2. The van der Waals surface area contributed by atoms with Crippen LogP contribution in [-0.4, -0.2) is 46.6 Å². The van der Waals surface area contributed by atoms with Gasteiger partial charge < -0.3 is 15.5 Å². The lowest BCUT2D eigenvalue weighted by atomic mass is 10.1. The van der Waals surface area contributed by atoms with Gasteiger partial charge in [0.05, 0.1) is 12.2 Å². The standard InChI is InChI=1S/C25H26N6OS/c1-17-13-23(30-29-17)26-20-14-22(18-7-5-4-6-8-18)28-25(15-20)33-21-11-9-19(10-12-21)27-24(32)16-31(2)3/h4-15H,16H2,1-3H3,(H,27,32)(H2,26,28,29,30). The second-order valence-corrected chi connectivity index (χ2v) is 9.01. The molecule has 0 radical (unpaired) electrons. The molecule has 3 N–H and O–H groups in total. The predicted octanol–water partition coefficient (Wildman–Crippen LogP) is 5.18. The van der Waals surface area contributed by atoms with Crippen LogP contribution in [0.4, 0.5) is 17.2 Å². The number of hydrogen-bond acceptors (Lipinski definition) is 6. The minimum atomic E-state index is -0.0399. The van der Waals surface area contributed by atoms with Crippen LogP contribution < -0.4 is 10.6 Å². The first kappa shape index (κ1) is 22.6. The van der Waals surface area contributed by atoms with Crippen LogP contribution in [0.2, 0.25) is 0 Å². The topological polar surface area (TPSA) is 85.9 Å². The molecule has 0 saturated carbocycles. The number of likely N-dealkylation sites (N-methyl/N-ethyl adjacent to an activating group) is 1. The highest BCUT2D eigenvalue weighted by Crippen LogP contribution is 2.32. The summed E-state index contributed by atoms with van der Waals surface area (Å²) >= 11 is 1.56. The molecule has 0 fully saturated rings. The SMILES string of the molecule is Cc1cc(Nc2cc(Sc3ccc(NC(=O)CN(C)C)cc3)nc(-c3ccccc3)c2)n[nH]1. The summed E-state index contributed by atoms with van der Waals surface area (Å²) < 4.78 is 0. The van der Waals surface area contributed by atoms with Crippen molar-refractivity contribution in [3.8, 4) is 11.3 Å². The van der Waals surface area contributed by atoms with Gasteiger partial charge in [-0.3, -0.25) is 9.89 Å². The van der Waals surface area contributed by atoms with E-state index in [0.29, 0.717) is 6.54 Å². The van der Waals surface area contributed by atoms with E-state index in [1.54, 1.807) is 11.8 Å². The van der Waals surface area contributed by atoms with E-state index in [4.69, 9.17) is 4.98 Å². The largest absolute Gasteiger partial charge is 0.339 e. The minimum absolute atomic E-state index is 0.0399. The lowest BCUT2D eigenvalue weighted by Gasteiger charge is -2.11. The Hall–Kier alpha value is -3.62. The number of pyridine rings is 1. The molecule has 7 nitrogen and oxygen atoms in total. The molecule has 33 heavy (non-hydrogen) atoms. The van der Waals surface area contributed by atoms with E-state index in [1.165, 1.54) is 0 Å². The van der Waals surface area contributed by atoms with Crippen molar-refractivity contribution in [1.29, 1.82) is 0 Å². The van der Waals surface area contributed by atoms with Crippen LogP contribution in [-0.2, 0) is 4.79 Å². The smallest absolute Gasteiger partial charge is 0.238 e. The molecular weight excluding hydrogens is 432 g/mol. The summed E-state index contributed by atoms with van der Waals surface area (Å²) in [5.41, 5.74) is 4.59. The summed E-state index contributed by atoms with van der Waals surface area (Å²) in [6.07, 6.45) is 0. The average Bonchev–Trinajstić information content (AvgIpc) is 3.19. The molecule has 0 aliphatic heterocycles. The Bertz CT molecular complexity index is 1220. The van der Waals surface area contributed by atoms with Gasteiger partial charge in [-0.25, -0.2) is 4.98 Å². The van der Waals surface area contributed by atoms with E-state index in [-0.39, 0.29) is 5.91 Å². The molecule has 0 saturated heterocycles. The lowest BCUT2D eigenvalue weighted by molar-refractivity contribution is -0.116. The summed E-state index contributed by atoms with van der Waals surface area (Å²) in [6, 6.07) is 23.9. The van der Waals surface area contributed by atoms with Gasteiger partial charge in [-0.1, -0.05) is 42.1 Å². The van der Waals surface area contributed by atoms with E-state index >= 15 is 0 Å². The molecule has 4 aromatic rings. The fourth-order valence-corrected chi connectivity index (χ4v) is 4.07. The third-order valence-corrected chi connectivity index (χ3v) is 5.60. The number of nitrogens with zero attached hydrogens (tertiary/aromatic N) is 3. The van der Waals surface area contributed by atoms with Crippen LogP contribution >= 0.6 is 11.8 Å². The van der Waals surface area contributed by atoms with E-state index in [1.807, 2.05) is 98.7 Å². The van der Waals surface area contributed by atoms with Crippen molar-refractivity contribution in [1.82, 2.24) is 20.1 Å². The lowest BCUT2D eigenvalue weighted by Crippen LogP contribution is -2.26. The van der Waals surface area contributed by atoms with Crippen molar-refractivity contribution in [2.75, 3.05) is 31.3 Å². The normalized spacial score (nSPS) is 10.9. The summed E-state index contributed by atoms with van der Waals surface area (Å²) in [5, 5.41) is 14.4. The molecule has 2 heterocycles. The molecule has 0 aliphatic carbocycles. The number of anilines is 3. The zero-order chi connectivity index (χ0) is 23.2. The molecular formula is C25H26N6OS. The number of nitrogens with one attached hydrogen (secondary N) is 3. The van der Waals surface area contributed by atoms with Gasteiger partial charge in [0, 0.05) is 33.6 Å². The summed E-state index contributed by atoms with van der Waals surface area (Å²) in [5.74, 6) is 0.716. The minimum Gasteiger partial charge on any atom is -0.339 e. The number of aryl methyl sites for hydroxylation is 1. The molecule has 0 aliphatic rings. The fourth-order valence-electron chi connectivity index (χ4n) is 3.23. The number of carbonyl (C=O) groups is 1. The maximum Gasteiger partial charge on any atom is 0.238 e. The Kier molecular flexibility index (Phi) is 7.07. The highest BCUT2D eigenvalue weighted by Gasteiger charge is 2.09. The number of hydrogen-bond donors (Lipinski definition) is 3. The molecule has 2 aromatic carbocycles. The summed E-state index contributed by atoms with van der Waals surface area (Å²) in [6.45, 7) is 2.31. The van der Waals surface area contributed by atoms with Crippen molar-refractivity contribution in [3.63, 3.8) is 0 Å². The Labute approximate surface area is 197 Å². The van der Waals surface area contributed by atoms with Gasteiger partial charge >= 0.3 is 0 Å². The Morgan fingerprint density at radius 2 is 1.76 bits per heavy atom. The van der Waals surface area contributed by atoms with Gasteiger partial charge in [0.2, 0.25) is 5.91 Å². The zero-order valence-electron chi connectivity index (χ0n) is 18.8. The van der Waals surface area contributed by atoms with Crippen LogP contribution in [0.25, 0.3) is 11.3 Å². The van der Waals surface area contributed by atoms with Crippen LogP contribution in [0.5, 0.6) is 0 Å². The third kappa shape index (κ3) is 6.44. The number of rotatable bonds is 8. The van der Waals surface area contributed by atoms with E-state index < -0.39 is 0 Å². The number of aromatic nitrogens is 3. The average molecular weight is 459 g/mol. The van der Waals surface area contributed by atoms with Crippen LogP contribution in [0, 0.1) is 6.92 Å². The van der Waals surface area contributed by atoms with Gasteiger partial charge in [0.25, 0.3) is 0 Å². The molecule has 2 aromatic heterocycles. The summed E-state index contributed by atoms with van der Waals surface area (Å²) in [7, 11) is 3.73. The monoisotopic (exact) mass is 458 g/mol. The second-order valence-electron chi connectivity index (χ2n) is 7.92. The Morgan fingerprint density at radius 1 is 1.00 bits per heavy atom. The molecule has 168 valence electrons. The maximum atomic E-state index is 12.0. The molecule has 0 atom stereocenters. The van der Waals surface area contributed by atoms with Crippen molar-refractivity contribution in [2.45, 2.75) is 16.8 Å². The van der Waals surface area contributed by atoms with Crippen LogP contribution in [0.15, 0.2) is 82.7 Å². The Balaban J connectivity index is 1.56. The maximum absolute atomic E-state index is 12.0. The number of aromatic amines is 1. The molecule has 0 spiro atoms. The van der Waals surface area contributed by atoms with Gasteiger partial charge in [0.15, 0.2) is 5.82 Å². The first-order valence-electron chi connectivity index (χ1n) is 10.5. The molecule has 8 heteroatoms.